The summed E-state index contributed by atoms with van der Waals surface area (Å²) in [4.78, 5) is 0.289. The Morgan fingerprint density at radius 3 is 2.46 bits per heavy atom. The Balaban J connectivity index is 1.72. The molecule has 1 aliphatic rings. The van der Waals surface area contributed by atoms with Crippen LogP contribution in [0.2, 0.25) is 0 Å². The third-order valence-corrected chi connectivity index (χ3v) is 6.13. The molecular weight excluding hydrogens is 324 g/mol. The molecule has 1 heterocycles. The number of aliphatic hydroxyl groups excluding tert-OH is 1. The van der Waals surface area contributed by atoms with Crippen LogP contribution in [0.5, 0.6) is 0 Å². The Labute approximate surface area is 143 Å². The molecule has 0 spiro atoms. The number of aliphatic hydroxyl groups is 1. The van der Waals surface area contributed by atoms with Crippen LogP contribution in [0.15, 0.2) is 59.5 Å². The lowest BCUT2D eigenvalue weighted by Crippen LogP contribution is -2.39. The van der Waals surface area contributed by atoms with Gasteiger partial charge in [-0.1, -0.05) is 36.4 Å². The maximum Gasteiger partial charge on any atom is 0.243 e. The minimum atomic E-state index is -3.51. The number of sulfonamides is 1. The van der Waals surface area contributed by atoms with Crippen LogP contribution in [0.25, 0.3) is 0 Å². The third kappa shape index (κ3) is 3.95. The van der Waals surface area contributed by atoms with Gasteiger partial charge in [-0.25, -0.2) is 8.42 Å². The molecule has 0 aliphatic carbocycles. The van der Waals surface area contributed by atoms with E-state index in [0.717, 1.165) is 11.3 Å². The van der Waals surface area contributed by atoms with Crippen molar-refractivity contribution in [1.29, 1.82) is 0 Å². The number of rotatable bonds is 5. The molecule has 0 atom stereocenters. The van der Waals surface area contributed by atoms with Gasteiger partial charge < -0.3 is 10.4 Å². The van der Waals surface area contributed by atoms with Crippen molar-refractivity contribution >= 4 is 15.7 Å². The molecule has 24 heavy (non-hydrogen) atoms. The van der Waals surface area contributed by atoms with Crippen LogP contribution < -0.4 is 5.32 Å². The smallest absolute Gasteiger partial charge is 0.243 e. The average molecular weight is 346 g/mol. The quantitative estimate of drug-likeness (QED) is 0.872. The number of nitrogens with zero attached hydrogens (tertiary/aromatic N) is 1. The van der Waals surface area contributed by atoms with Crippen LogP contribution in [0.3, 0.4) is 0 Å². The number of hydrogen-bond acceptors (Lipinski definition) is 4. The third-order valence-electron chi connectivity index (χ3n) is 4.23. The molecule has 0 amide bonds. The van der Waals surface area contributed by atoms with Crippen molar-refractivity contribution in [1.82, 2.24) is 4.31 Å². The molecule has 1 aliphatic heterocycles. The number of benzene rings is 2. The van der Waals surface area contributed by atoms with Gasteiger partial charge in [-0.15, -0.1) is 0 Å². The van der Waals surface area contributed by atoms with Crippen LogP contribution in [-0.2, 0) is 16.6 Å². The molecule has 0 bridgehead atoms. The number of nitrogens with one attached hydrogen (secondary N) is 1. The molecule has 6 heteroatoms. The number of piperidine rings is 1. The van der Waals surface area contributed by atoms with E-state index >= 15 is 0 Å². The molecule has 2 N–H and O–H groups in total. The molecule has 0 saturated carbocycles. The summed E-state index contributed by atoms with van der Waals surface area (Å²) in [7, 11) is -3.51. The Morgan fingerprint density at radius 2 is 1.75 bits per heavy atom. The highest BCUT2D eigenvalue weighted by Crippen LogP contribution is 2.23. The van der Waals surface area contributed by atoms with Gasteiger partial charge in [0.05, 0.1) is 11.0 Å². The second-order valence-corrected chi connectivity index (χ2v) is 7.94. The first-order valence-corrected chi connectivity index (χ1v) is 9.56. The Bertz CT molecular complexity index is 770. The van der Waals surface area contributed by atoms with E-state index in [4.69, 9.17) is 0 Å². The van der Waals surface area contributed by atoms with Crippen molar-refractivity contribution in [3.63, 3.8) is 0 Å². The lowest BCUT2D eigenvalue weighted by molar-refractivity contribution is 0.113. The minimum absolute atomic E-state index is 0.289. The highest BCUT2D eigenvalue weighted by Gasteiger charge is 2.28. The van der Waals surface area contributed by atoms with Crippen molar-refractivity contribution < 1.29 is 13.5 Å². The average Bonchev–Trinajstić information content (AvgIpc) is 2.61. The van der Waals surface area contributed by atoms with Crippen LogP contribution in [0.1, 0.15) is 18.4 Å². The zero-order valence-electron chi connectivity index (χ0n) is 13.4. The maximum absolute atomic E-state index is 12.7. The predicted octanol–water partition coefficient (Wildman–Crippen LogP) is 2.44. The Hall–Kier alpha value is -1.89. The first kappa shape index (κ1) is 17.0. The zero-order chi connectivity index (χ0) is 17.0. The SMILES string of the molecule is O=S(=O)(c1cccc(NCc2ccccc2)c1)N1CCC(O)CC1. The minimum Gasteiger partial charge on any atom is -0.393 e. The summed E-state index contributed by atoms with van der Waals surface area (Å²) in [6, 6.07) is 16.9. The summed E-state index contributed by atoms with van der Waals surface area (Å²) in [6.45, 7) is 1.37. The Morgan fingerprint density at radius 1 is 1.04 bits per heavy atom. The van der Waals surface area contributed by atoms with Crippen molar-refractivity contribution in [3.8, 4) is 0 Å². The molecular formula is C18H22N2O3S. The van der Waals surface area contributed by atoms with Crippen molar-refractivity contribution in [2.24, 2.45) is 0 Å². The maximum atomic E-state index is 12.7. The van der Waals surface area contributed by atoms with Crippen LogP contribution in [-0.4, -0.2) is 37.0 Å². The molecule has 1 saturated heterocycles. The second-order valence-electron chi connectivity index (χ2n) is 6.00. The van der Waals surface area contributed by atoms with E-state index < -0.39 is 16.1 Å². The van der Waals surface area contributed by atoms with E-state index in [9.17, 15) is 13.5 Å². The van der Waals surface area contributed by atoms with Crippen LogP contribution >= 0.6 is 0 Å². The summed E-state index contributed by atoms with van der Waals surface area (Å²) in [5.41, 5.74) is 1.91. The van der Waals surface area contributed by atoms with Crippen molar-refractivity contribution in [2.75, 3.05) is 18.4 Å². The van der Waals surface area contributed by atoms with Gasteiger partial charge in [-0.2, -0.15) is 4.31 Å². The summed E-state index contributed by atoms with van der Waals surface area (Å²) in [5.74, 6) is 0. The highest BCUT2D eigenvalue weighted by atomic mass is 32.2. The number of hydrogen-bond donors (Lipinski definition) is 2. The zero-order valence-corrected chi connectivity index (χ0v) is 14.2. The van der Waals surface area contributed by atoms with E-state index in [2.05, 4.69) is 5.32 Å². The first-order chi connectivity index (χ1) is 11.6. The van der Waals surface area contributed by atoms with Crippen molar-refractivity contribution in [3.05, 3.63) is 60.2 Å². The molecule has 3 rings (SSSR count). The fourth-order valence-electron chi connectivity index (χ4n) is 2.80. The normalized spacial score (nSPS) is 16.9. The van der Waals surface area contributed by atoms with Gasteiger partial charge in [-0.3, -0.25) is 0 Å². The standard InChI is InChI=1S/C18H22N2O3S/c21-17-9-11-20(12-10-17)24(22,23)18-8-4-7-16(13-18)19-14-15-5-2-1-3-6-15/h1-8,13,17,19,21H,9-12,14H2. The molecule has 0 radical (unpaired) electrons. The van der Waals surface area contributed by atoms with E-state index in [-0.39, 0.29) is 4.90 Å². The van der Waals surface area contributed by atoms with Gasteiger partial charge in [0.25, 0.3) is 0 Å². The summed E-state index contributed by atoms with van der Waals surface area (Å²) in [5, 5.41) is 12.8. The molecule has 2 aromatic rings. The summed E-state index contributed by atoms with van der Waals surface area (Å²) >= 11 is 0. The fraction of sp³-hybridized carbons (Fsp3) is 0.333. The largest absolute Gasteiger partial charge is 0.393 e. The summed E-state index contributed by atoms with van der Waals surface area (Å²) in [6.07, 6.45) is 0.589. The van der Waals surface area contributed by atoms with E-state index in [0.29, 0.717) is 32.5 Å². The lowest BCUT2D eigenvalue weighted by atomic mass is 10.1. The molecule has 2 aromatic carbocycles. The van der Waals surface area contributed by atoms with Gasteiger partial charge in [0.2, 0.25) is 10.0 Å². The summed E-state index contributed by atoms with van der Waals surface area (Å²) < 4.78 is 26.9. The van der Waals surface area contributed by atoms with E-state index in [1.807, 2.05) is 36.4 Å². The van der Waals surface area contributed by atoms with Crippen LogP contribution in [0.4, 0.5) is 5.69 Å². The highest BCUT2D eigenvalue weighted by molar-refractivity contribution is 7.89. The molecule has 1 fully saturated rings. The van der Waals surface area contributed by atoms with Crippen molar-refractivity contribution in [2.45, 2.75) is 30.4 Å². The van der Waals surface area contributed by atoms with Gasteiger partial charge >= 0.3 is 0 Å². The topological polar surface area (TPSA) is 69.6 Å². The molecule has 0 aromatic heterocycles. The predicted molar refractivity (Wildman–Crippen MR) is 94.2 cm³/mol. The van der Waals surface area contributed by atoms with Gasteiger partial charge in [0.15, 0.2) is 0 Å². The monoisotopic (exact) mass is 346 g/mol. The Kier molecular flexibility index (Phi) is 5.18. The molecule has 128 valence electrons. The van der Waals surface area contributed by atoms with Gasteiger partial charge in [-0.05, 0) is 36.6 Å². The number of anilines is 1. The van der Waals surface area contributed by atoms with Gasteiger partial charge in [0, 0.05) is 25.3 Å². The fourth-order valence-corrected chi connectivity index (χ4v) is 4.31. The van der Waals surface area contributed by atoms with Crippen LogP contribution in [0, 0.1) is 0 Å². The first-order valence-electron chi connectivity index (χ1n) is 8.12. The molecule has 5 nitrogen and oxygen atoms in total. The lowest BCUT2D eigenvalue weighted by Gasteiger charge is -2.28. The second kappa shape index (κ2) is 7.34. The molecule has 0 unspecified atom stereocenters. The van der Waals surface area contributed by atoms with E-state index in [1.165, 1.54) is 4.31 Å². The van der Waals surface area contributed by atoms with Gasteiger partial charge in [0.1, 0.15) is 0 Å². The van der Waals surface area contributed by atoms with E-state index in [1.54, 1.807) is 18.2 Å².